The van der Waals surface area contributed by atoms with Gasteiger partial charge < -0.3 is 11.1 Å². The first-order valence-electron chi connectivity index (χ1n) is 5.29. The molecular formula is C13H9Br2ClN2O. The van der Waals surface area contributed by atoms with Crippen molar-refractivity contribution < 1.29 is 4.79 Å². The van der Waals surface area contributed by atoms with Gasteiger partial charge in [0.1, 0.15) is 0 Å². The number of hydrogen-bond acceptors (Lipinski definition) is 2. The third kappa shape index (κ3) is 3.49. The minimum Gasteiger partial charge on any atom is -0.399 e. The van der Waals surface area contributed by atoms with Crippen molar-refractivity contribution in [3.63, 3.8) is 0 Å². The first kappa shape index (κ1) is 14.4. The first-order valence-corrected chi connectivity index (χ1v) is 7.25. The summed E-state index contributed by atoms with van der Waals surface area (Å²) in [5.74, 6) is -0.309. The number of rotatable bonds is 2. The van der Waals surface area contributed by atoms with Gasteiger partial charge in [-0.2, -0.15) is 0 Å². The number of amides is 1. The third-order valence-corrected chi connectivity index (χ3v) is 3.93. The Labute approximate surface area is 132 Å². The minimum atomic E-state index is -0.309. The Bertz CT molecular complexity index is 647. The zero-order valence-corrected chi connectivity index (χ0v) is 13.5. The van der Waals surface area contributed by atoms with E-state index in [1.165, 1.54) is 0 Å². The maximum atomic E-state index is 12.2. The lowest BCUT2D eigenvalue weighted by molar-refractivity contribution is 0.102. The molecule has 0 spiro atoms. The number of anilines is 2. The average Bonchev–Trinajstić information content (AvgIpc) is 2.36. The van der Waals surface area contributed by atoms with Crippen LogP contribution in [0.15, 0.2) is 45.3 Å². The molecule has 0 aliphatic rings. The summed E-state index contributed by atoms with van der Waals surface area (Å²) in [5, 5.41) is 3.14. The van der Waals surface area contributed by atoms with Gasteiger partial charge in [0.15, 0.2) is 0 Å². The van der Waals surface area contributed by atoms with Crippen LogP contribution in [-0.2, 0) is 0 Å². The van der Waals surface area contributed by atoms with E-state index in [1.807, 2.05) is 12.1 Å². The number of nitrogens with one attached hydrogen (secondary N) is 1. The Kier molecular flexibility index (Phi) is 4.50. The number of carbonyl (C=O) groups is 1. The quantitative estimate of drug-likeness (QED) is 0.713. The van der Waals surface area contributed by atoms with Crippen LogP contribution in [0.25, 0.3) is 0 Å². The molecule has 0 aliphatic carbocycles. The third-order valence-electron chi connectivity index (χ3n) is 2.41. The Hall–Kier alpha value is -1.04. The lowest BCUT2D eigenvalue weighted by atomic mass is 10.2. The van der Waals surface area contributed by atoms with Crippen LogP contribution in [-0.4, -0.2) is 5.91 Å². The molecule has 98 valence electrons. The summed E-state index contributed by atoms with van der Waals surface area (Å²) in [6.07, 6.45) is 0. The number of nitrogen functional groups attached to an aromatic ring is 1. The summed E-state index contributed by atoms with van der Waals surface area (Å²) in [4.78, 5) is 12.2. The molecular weight excluding hydrogens is 395 g/mol. The number of nitrogens with two attached hydrogens (primary N) is 1. The Morgan fingerprint density at radius 2 is 1.89 bits per heavy atom. The summed E-state index contributed by atoms with van der Waals surface area (Å²) in [6.45, 7) is 0. The molecule has 0 heterocycles. The standard InChI is InChI=1S/C13H9Br2ClN2O/c14-7-1-3-10(15)12(5-7)18-13(19)9-6-8(17)2-4-11(9)16/h1-6H,17H2,(H,18,19). The molecule has 0 aromatic heterocycles. The summed E-state index contributed by atoms with van der Waals surface area (Å²) < 4.78 is 1.65. The topological polar surface area (TPSA) is 55.1 Å². The zero-order chi connectivity index (χ0) is 14.0. The molecule has 0 bridgehead atoms. The molecule has 2 aromatic rings. The van der Waals surface area contributed by atoms with E-state index in [1.54, 1.807) is 24.3 Å². The highest BCUT2D eigenvalue weighted by Crippen LogP contribution is 2.27. The predicted molar refractivity (Wildman–Crippen MR) is 85.7 cm³/mol. The first-order chi connectivity index (χ1) is 8.97. The fourth-order valence-electron chi connectivity index (χ4n) is 1.50. The lowest BCUT2D eigenvalue weighted by Gasteiger charge is -2.09. The van der Waals surface area contributed by atoms with E-state index in [0.29, 0.717) is 22.0 Å². The second kappa shape index (κ2) is 5.94. The molecule has 1 amide bonds. The van der Waals surface area contributed by atoms with Crippen molar-refractivity contribution in [1.29, 1.82) is 0 Å². The molecule has 0 unspecified atom stereocenters. The van der Waals surface area contributed by atoms with Crippen LogP contribution in [0.5, 0.6) is 0 Å². The van der Waals surface area contributed by atoms with Crippen molar-refractivity contribution in [2.24, 2.45) is 0 Å². The van der Waals surface area contributed by atoms with Crippen molar-refractivity contribution >= 4 is 60.7 Å². The molecule has 2 rings (SSSR count). The minimum absolute atomic E-state index is 0.309. The van der Waals surface area contributed by atoms with Crippen LogP contribution in [0.4, 0.5) is 11.4 Å². The SMILES string of the molecule is Nc1ccc(Cl)c(C(=O)Nc2cc(Br)ccc2Br)c1. The Balaban J connectivity index is 2.30. The Morgan fingerprint density at radius 1 is 1.16 bits per heavy atom. The molecule has 3 N–H and O–H groups in total. The van der Waals surface area contributed by atoms with Crippen molar-refractivity contribution in [2.75, 3.05) is 11.1 Å². The molecule has 0 fully saturated rings. The van der Waals surface area contributed by atoms with Crippen molar-refractivity contribution in [2.45, 2.75) is 0 Å². The monoisotopic (exact) mass is 402 g/mol. The van der Waals surface area contributed by atoms with Crippen molar-refractivity contribution in [1.82, 2.24) is 0 Å². The van der Waals surface area contributed by atoms with Crippen LogP contribution in [0.2, 0.25) is 5.02 Å². The van der Waals surface area contributed by atoms with Gasteiger partial charge in [0.2, 0.25) is 0 Å². The molecule has 3 nitrogen and oxygen atoms in total. The van der Waals surface area contributed by atoms with Gasteiger partial charge >= 0.3 is 0 Å². The van der Waals surface area contributed by atoms with Gasteiger partial charge in [0, 0.05) is 14.6 Å². The summed E-state index contributed by atoms with van der Waals surface area (Å²) >= 11 is 12.7. The van der Waals surface area contributed by atoms with E-state index in [-0.39, 0.29) is 5.91 Å². The fraction of sp³-hybridized carbons (Fsp3) is 0. The van der Waals surface area contributed by atoms with Crippen LogP contribution in [0.1, 0.15) is 10.4 Å². The van der Waals surface area contributed by atoms with Crippen LogP contribution >= 0.6 is 43.5 Å². The maximum Gasteiger partial charge on any atom is 0.257 e. The second-order valence-corrected chi connectivity index (χ2v) is 5.99. The molecule has 0 radical (unpaired) electrons. The van der Waals surface area contributed by atoms with Gasteiger partial charge in [-0.05, 0) is 52.3 Å². The smallest absolute Gasteiger partial charge is 0.257 e. The van der Waals surface area contributed by atoms with E-state index in [0.717, 1.165) is 8.95 Å². The highest BCUT2D eigenvalue weighted by molar-refractivity contribution is 9.11. The van der Waals surface area contributed by atoms with Crippen molar-refractivity contribution in [3.05, 3.63) is 55.9 Å². The van der Waals surface area contributed by atoms with Gasteiger partial charge in [0.05, 0.1) is 16.3 Å². The van der Waals surface area contributed by atoms with E-state index in [9.17, 15) is 4.79 Å². The summed E-state index contributed by atoms with van der Waals surface area (Å²) in [7, 11) is 0. The van der Waals surface area contributed by atoms with Crippen molar-refractivity contribution in [3.8, 4) is 0 Å². The predicted octanol–water partition coefficient (Wildman–Crippen LogP) is 4.70. The van der Waals surface area contributed by atoms with Gasteiger partial charge in [-0.15, -0.1) is 0 Å². The molecule has 0 saturated heterocycles. The Morgan fingerprint density at radius 3 is 2.63 bits per heavy atom. The molecule has 2 aromatic carbocycles. The molecule has 19 heavy (non-hydrogen) atoms. The van der Waals surface area contributed by atoms with Gasteiger partial charge in [0.25, 0.3) is 5.91 Å². The van der Waals surface area contributed by atoms with Gasteiger partial charge in [-0.25, -0.2) is 0 Å². The summed E-state index contributed by atoms with van der Waals surface area (Å²) in [5.41, 5.74) is 7.14. The number of benzene rings is 2. The van der Waals surface area contributed by atoms with E-state index in [2.05, 4.69) is 37.2 Å². The zero-order valence-electron chi connectivity index (χ0n) is 9.58. The molecule has 0 aliphatic heterocycles. The van der Waals surface area contributed by atoms with Gasteiger partial charge in [-0.1, -0.05) is 27.5 Å². The molecule has 0 atom stereocenters. The highest BCUT2D eigenvalue weighted by atomic mass is 79.9. The average molecular weight is 404 g/mol. The van der Waals surface area contributed by atoms with E-state index >= 15 is 0 Å². The number of halogens is 3. The van der Waals surface area contributed by atoms with E-state index < -0.39 is 0 Å². The normalized spacial score (nSPS) is 10.3. The molecule has 6 heteroatoms. The summed E-state index contributed by atoms with van der Waals surface area (Å²) in [6, 6.07) is 10.3. The highest BCUT2D eigenvalue weighted by Gasteiger charge is 2.12. The second-order valence-electron chi connectivity index (χ2n) is 3.82. The number of hydrogen-bond donors (Lipinski definition) is 2. The largest absolute Gasteiger partial charge is 0.399 e. The molecule has 0 saturated carbocycles. The van der Waals surface area contributed by atoms with E-state index in [4.69, 9.17) is 17.3 Å². The number of carbonyl (C=O) groups excluding carboxylic acids is 1. The van der Waals surface area contributed by atoms with Crippen LogP contribution < -0.4 is 11.1 Å². The van der Waals surface area contributed by atoms with Crippen LogP contribution in [0, 0.1) is 0 Å². The van der Waals surface area contributed by atoms with Gasteiger partial charge in [-0.3, -0.25) is 4.79 Å². The fourth-order valence-corrected chi connectivity index (χ4v) is 2.41. The van der Waals surface area contributed by atoms with Crippen LogP contribution in [0.3, 0.4) is 0 Å². The maximum absolute atomic E-state index is 12.2. The lowest BCUT2D eigenvalue weighted by Crippen LogP contribution is -2.13.